The van der Waals surface area contributed by atoms with Gasteiger partial charge in [-0.05, 0) is 49.4 Å². The highest BCUT2D eigenvalue weighted by Crippen LogP contribution is 2.28. The summed E-state index contributed by atoms with van der Waals surface area (Å²) in [7, 11) is -3.61. The Labute approximate surface area is 160 Å². The van der Waals surface area contributed by atoms with Crippen molar-refractivity contribution in [2.45, 2.75) is 56.6 Å². The average Bonchev–Trinajstić information content (AvgIpc) is 2.86. The van der Waals surface area contributed by atoms with Gasteiger partial charge in [0.05, 0.1) is 4.90 Å². The lowest BCUT2D eigenvalue weighted by Gasteiger charge is -2.38. The largest absolute Gasteiger partial charge is 0.435 e. The van der Waals surface area contributed by atoms with Gasteiger partial charge in [-0.15, -0.1) is 0 Å². The average molecular weight is 403 g/mol. The van der Waals surface area contributed by atoms with Gasteiger partial charge in [0.15, 0.2) is 0 Å². The van der Waals surface area contributed by atoms with Gasteiger partial charge in [-0.1, -0.05) is 19.8 Å². The molecule has 5 nitrogen and oxygen atoms in total. The van der Waals surface area contributed by atoms with Crippen LogP contribution in [0.3, 0.4) is 0 Å². The van der Waals surface area contributed by atoms with Gasteiger partial charge in [0.25, 0.3) is 0 Å². The van der Waals surface area contributed by atoms with Crippen LogP contribution in [0.25, 0.3) is 0 Å². The SMILES string of the molecule is C[C@H]1CCCC(N2CCN(S(=O)(=O)c3ccc(OC(F)F)cc3)CC2)CC1. The van der Waals surface area contributed by atoms with Crippen LogP contribution in [0.5, 0.6) is 5.75 Å². The van der Waals surface area contributed by atoms with E-state index in [1.54, 1.807) is 0 Å². The molecule has 1 aliphatic heterocycles. The lowest BCUT2D eigenvalue weighted by molar-refractivity contribution is -0.0498. The minimum atomic E-state index is -3.61. The number of nitrogens with zero attached hydrogens (tertiary/aromatic N) is 2. The second-order valence-corrected chi connectivity index (χ2v) is 9.50. The van der Waals surface area contributed by atoms with E-state index >= 15 is 0 Å². The molecule has 2 aliphatic rings. The van der Waals surface area contributed by atoms with Crippen LogP contribution in [0, 0.1) is 5.92 Å². The molecule has 0 aromatic heterocycles. The molecule has 0 N–H and O–H groups in total. The summed E-state index contributed by atoms with van der Waals surface area (Å²) in [5.74, 6) is 0.741. The fraction of sp³-hybridized carbons (Fsp3) is 0.684. The molecule has 1 aromatic rings. The predicted molar refractivity (Wildman–Crippen MR) is 99.4 cm³/mol. The van der Waals surface area contributed by atoms with Crippen molar-refractivity contribution in [3.05, 3.63) is 24.3 Å². The Morgan fingerprint density at radius 2 is 1.67 bits per heavy atom. The highest BCUT2D eigenvalue weighted by atomic mass is 32.2. The lowest BCUT2D eigenvalue weighted by Crippen LogP contribution is -2.51. The normalized spacial score (nSPS) is 26.1. The number of hydrogen-bond donors (Lipinski definition) is 0. The van der Waals surface area contributed by atoms with Crippen LogP contribution in [0.1, 0.15) is 39.0 Å². The van der Waals surface area contributed by atoms with Gasteiger partial charge in [-0.3, -0.25) is 4.90 Å². The lowest BCUT2D eigenvalue weighted by atomic mass is 10.0. The van der Waals surface area contributed by atoms with Crippen molar-refractivity contribution in [2.75, 3.05) is 26.2 Å². The molecule has 152 valence electrons. The van der Waals surface area contributed by atoms with Crippen molar-refractivity contribution in [3.8, 4) is 5.75 Å². The minimum Gasteiger partial charge on any atom is -0.435 e. The summed E-state index contributed by atoms with van der Waals surface area (Å²) in [4.78, 5) is 2.55. The molecule has 0 spiro atoms. The Kier molecular flexibility index (Phi) is 6.70. The summed E-state index contributed by atoms with van der Waals surface area (Å²) in [6.45, 7) is 1.79. The number of alkyl halides is 2. The van der Waals surface area contributed by atoms with Crippen molar-refractivity contribution in [2.24, 2.45) is 5.92 Å². The summed E-state index contributed by atoms with van der Waals surface area (Å²) in [5.41, 5.74) is 0. The van der Waals surface area contributed by atoms with Gasteiger partial charge < -0.3 is 4.74 Å². The third-order valence-corrected chi connectivity index (χ3v) is 7.62. The van der Waals surface area contributed by atoms with E-state index in [2.05, 4.69) is 16.6 Å². The van der Waals surface area contributed by atoms with Crippen molar-refractivity contribution < 1.29 is 21.9 Å². The smallest absolute Gasteiger partial charge is 0.387 e. The molecule has 1 unspecified atom stereocenters. The number of ether oxygens (including phenoxy) is 1. The first kappa shape index (κ1) is 20.5. The second kappa shape index (κ2) is 8.84. The van der Waals surface area contributed by atoms with E-state index in [4.69, 9.17) is 0 Å². The third-order valence-electron chi connectivity index (χ3n) is 5.70. The van der Waals surface area contributed by atoms with E-state index in [0.717, 1.165) is 19.0 Å². The minimum absolute atomic E-state index is 0.0450. The van der Waals surface area contributed by atoms with Crippen LogP contribution in [0.4, 0.5) is 8.78 Å². The summed E-state index contributed by atoms with van der Waals surface area (Å²) >= 11 is 0. The van der Waals surface area contributed by atoms with Crippen molar-refractivity contribution in [1.82, 2.24) is 9.21 Å². The fourth-order valence-corrected chi connectivity index (χ4v) is 5.51. The van der Waals surface area contributed by atoms with Crippen LogP contribution in [0.15, 0.2) is 29.2 Å². The summed E-state index contributed by atoms with van der Waals surface area (Å²) in [6, 6.07) is 5.74. The van der Waals surface area contributed by atoms with Crippen molar-refractivity contribution in [1.29, 1.82) is 0 Å². The maximum absolute atomic E-state index is 12.8. The van der Waals surface area contributed by atoms with Crippen molar-refractivity contribution in [3.63, 3.8) is 0 Å². The van der Waals surface area contributed by atoms with Crippen molar-refractivity contribution >= 4 is 10.0 Å². The Morgan fingerprint density at radius 3 is 2.30 bits per heavy atom. The van der Waals surface area contributed by atoms with Crippen LogP contribution >= 0.6 is 0 Å². The standard InChI is InChI=1S/C19H28F2N2O3S/c1-15-3-2-4-16(6-5-15)22-11-13-23(14-12-22)27(24,25)18-9-7-17(8-10-18)26-19(20)21/h7-10,15-16,19H,2-6,11-14H2,1H3/t15-,16?/m0/s1. The molecule has 1 saturated heterocycles. The molecular weight excluding hydrogens is 374 g/mol. The first-order valence-corrected chi connectivity index (χ1v) is 11.1. The second-order valence-electron chi connectivity index (χ2n) is 7.56. The molecule has 1 heterocycles. The Bertz CT molecular complexity index is 704. The number of sulfonamides is 1. The van der Waals surface area contributed by atoms with Gasteiger partial charge in [0.2, 0.25) is 10.0 Å². The first-order valence-electron chi connectivity index (χ1n) is 9.65. The van der Waals surface area contributed by atoms with Crippen LogP contribution < -0.4 is 4.74 Å². The number of benzene rings is 1. The molecule has 0 bridgehead atoms. The third kappa shape index (κ3) is 5.18. The predicted octanol–water partition coefficient (Wildman–Crippen LogP) is 3.56. The molecule has 3 rings (SSSR count). The Hall–Kier alpha value is -1.25. The summed E-state index contributed by atoms with van der Waals surface area (Å²) < 4.78 is 55.9. The van der Waals surface area contributed by atoms with E-state index in [1.165, 1.54) is 60.7 Å². The van der Waals surface area contributed by atoms with Gasteiger partial charge in [0, 0.05) is 32.2 Å². The number of rotatable bonds is 5. The van der Waals surface area contributed by atoms with Crippen LogP contribution in [0.2, 0.25) is 0 Å². The molecule has 2 fully saturated rings. The van der Waals surface area contributed by atoms with E-state index < -0.39 is 16.6 Å². The van der Waals surface area contributed by atoms with Gasteiger partial charge in [0.1, 0.15) is 5.75 Å². The zero-order valence-corrected chi connectivity index (χ0v) is 16.5. The van der Waals surface area contributed by atoms with Gasteiger partial charge in [-0.2, -0.15) is 13.1 Å². The highest BCUT2D eigenvalue weighted by molar-refractivity contribution is 7.89. The Morgan fingerprint density at radius 1 is 1.00 bits per heavy atom. The number of halogens is 2. The summed E-state index contributed by atoms with van der Waals surface area (Å²) in [5, 5.41) is 0. The van der Waals surface area contributed by atoms with E-state index in [-0.39, 0.29) is 10.6 Å². The quantitative estimate of drug-likeness (QED) is 0.707. The van der Waals surface area contributed by atoms with E-state index in [9.17, 15) is 17.2 Å². The van der Waals surface area contributed by atoms with Crippen LogP contribution in [-0.4, -0.2) is 56.5 Å². The van der Waals surface area contributed by atoms with Crippen LogP contribution in [-0.2, 0) is 10.0 Å². The van der Waals surface area contributed by atoms with Gasteiger partial charge >= 0.3 is 6.61 Å². The molecule has 1 aliphatic carbocycles. The number of hydrogen-bond acceptors (Lipinski definition) is 4. The molecule has 1 saturated carbocycles. The van der Waals surface area contributed by atoms with E-state index in [0.29, 0.717) is 19.1 Å². The first-order chi connectivity index (χ1) is 12.9. The zero-order chi connectivity index (χ0) is 19.4. The summed E-state index contributed by atoms with van der Waals surface area (Å²) in [6.07, 6.45) is 6.17. The maximum Gasteiger partial charge on any atom is 0.387 e. The number of piperazine rings is 1. The van der Waals surface area contributed by atoms with Gasteiger partial charge in [-0.25, -0.2) is 8.42 Å². The molecule has 27 heavy (non-hydrogen) atoms. The fourth-order valence-electron chi connectivity index (χ4n) is 4.08. The van der Waals surface area contributed by atoms with E-state index in [1.807, 2.05) is 0 Å². The molecule has 0 amide bonds. The zero-order valence-electron chi connectivity index (χ0n) is 15.7. The topological polar surface area (TPSA) is 49.9 Å². The molecule has 2 atom stereocenters. The molecule has 0 radical (unpaired) electrons. The molecular formula is C19H28F2N2O3S. The molecule has 8 heteroatoms. The molecule has 1 aromatic carbocycles. The Balaban J connectivity index is 1.59. The highest BCUT2D eigenvalue weighted by Gasteiger charge is 2.31. The maximum atomic E-state index is 12.8. The monoisotopic (exact) mass is 402 g/mol.